The molecule has 20 heavy (non-hydrogen) atoms. The first-order valence-electron chi connectivity index (χ1n) is 6.57. The van der Waals surface area contributed by atoms with E-state index in [1.165, 1.54) is 0 Å². The van der Waals surface area contributed by atoms with Crippen molar-refractivity contribution < 1.29 is 0 Å². The molecule has 2 heterocycles. The molecule has 0 unspecified atom stereocenters. The third-order valence-corrected chi connectivity index (χ3v) is 2.42. The summed E-state index contributed by atoms with van der Waals surface area (Å²) in [6.07, 6.45) is 6.81. The molecule has 3 heteroatoms. The summed E-state index contributed by atoms with van der Waals surface area (Å²) in [4.78, 5) is 8.38. The van der Waals surface area contributed by atoms with Crippen LogP contribution in [0.5, 0.6) is 0 Å². The highest BCUT2D eigenvalue weighted by Crippen LogP contribution is 2.13. The van der Waals surface area contributed by atoms with E-state index in [1.807, 2.05) is 44.2 Å². The molecule has 2 aromatic heterocycles. The van der Waals surface area contributed by atoms with Crippen LogP contribution < -0.4 is 0 Å². The largest absolute Gasteiger partial charge is 0.299 e. The zero-order valence-electron chi connectivity index (χ0n) is 11.9. The Morgan fingerprint density at radius 1 is 1.00 bits per heavy atom. The summed E-state index contributed by atoms with van der Waals surface area (Å²) in [6.45, 7) is 7.76. The molecule has 0 radical (unpaired) electrons. The van der Waals surface area contributed by atoms with E-state index in [0.717, 1.165) is 11.3 Å². The van der Waals surface area contributed by atoms with E-state index in [2.05, 4.69) is 16.5 Å². The van der Waals surface area contributed by atoms with Gasteiger partial charge in [0.15, 0.2) is 0 Å². The van der Waals surface area contributed by atoms with Crippen LogP contribution >= 0.6 is 0 Å². The Morgan fingerprint density at radius 2 is 1.55 bits per heavy atom. The van der Waals surface area contributed by atoms with Crippen LogP contribution in [0.3, 0.4) is 0 Å². The average Bonchev–Trinajstić information content (AvgIpc) is 2.56. The molecular formula is C17H19N3. The van der Waals surface area contributed by atoms with Crippen molar-refractivity contribution in [2.75, 3.05) is 0 Å². The molecule has 2 rings (SSSR count). The highest BCUT2D eigenvalue weighted by atomic mass is 14.7. The van der Waals surface area contributed by atoms with Crippen molar-refractivity contribution in [3.05, 3.63) is 78.9 Å². The molecule has 0 aliphatic carbocycles. The van der Waals surface area contributed by atoms with Crippen LogP contribution in [0.4, 0.5) is 0 Å². The molecule has 0 saturated heterocycles. The summed E-state index contributed by atoms with van der Waals surface area (Å²) in [5.41, 5.74) is 2.59. The number of aromatic nitrogens is 2. The topological polar surface area (TPSA) is 49.6 Å². The molecule has 0 spiro atoms. The van der Waals surface area contributed by atoms with Crippen molar-refractivity contribution in [2.24, 2.45) is 0 Å². The van der Waals surface area contributed by atoms with Crippen molar-refractivity contribution in [1.29, 1.82) is 5.41 Å². The van der Waals surface area contributed by atoms with E-state index in [0.29, 0.717) is 11.4 Å². The molecule has 0 aliphatic heterocycles. The second-order valence-corrected chi connectivity index (χ2v) is 3.65. The number of nitrogens with zero attached hydrogens (tertiary/aromatic N) is 2. The first-order valence-corrected chi connectivity index (χ1v) is 6.57. The van der Waals surface area contributed by atoms with E-state index in [9.17, 15) is 0 Å². The third-order valence-electron chi connectivity index (χ3n) is 2.42. The van der Waals surface area contributed by atoms with Crippen LogP contribution in [0, 0.1) is 5.41 Å². The lowest BCUT2D eigenvalue weighted by Crippen LogP contribution is -1.99. The third kappa shape index (κ3) is 4.28. The summed E-state index contributed by atoms with van der Waals surface area (Å²) in [6, 6.07) is 11.1. The molecule has 0 bridgehead atoms. The van der Waals surface area contributed by atoms with Crippen molar-refractivity contribution in [1.82, 2.24) is 9.97 Å². The zero-order valence-corrected chi connectivity index (χ0v) is 11.9. The van der Waals surface area contributed by atoms with Crippen LogP contribution in [0.15, 0.2) is 67.5 Å². The minimum absolute atomic E-state index is 0.344. The number of allylic oxidation sites excluding steroid dienone is 3. The number of hydrogen-bond donors (Lipinski definition) is 1. The predicted molar refractivity (Wildman–Crippen MR) is 84.8 cm³/mol. The Labute approximate surface area is 120 Å². The molecular weight excluding hydrogens is 246 g/mol. The van der Waals surface area contributed by atoms with Crippen LogP contribution in [0.25, 0.3) is 5.57 Å². The first-order chi connectivity index (χ1) is 9.81. The van der Waals surface area contributed by atoms with Gasteiger partial charge in [0.2, 0.25) is 0 Å². The summed E-state index contributed by atoms with van der Waals surface area (Å²) in [5.74, 6) is 0. The summed E-state index contributed by atoms with van der Waals surface area (Å²) < 4.78 is 0. The molecule has 0 amide bonds. The molecule has 0 fully saturated rings. The Morgan fingerprint density at radius 3 is 2.00 bits per heavy atom. The van der Waals surface area contributed by atoms with Gasteiger partial charge < -0.3 is 0 Å². The van der Waals surface area contributed by atoms with Gasteiger partial charge in [-0.2, -0.15) is 0 Å². The van der Waals surface area contributed by atoms with Crippen molar-refractivity contribution >= 4 is 11.3 Å². The lowest BCUT2D eigenvalue weighted by Gasteiger charge is -2.02. The molecule has 0 saturated carbocycles. The monoisotopic (exact) mass is 265 g/mol. The lowest BCUT2D eigenvalue weighted by atomic mass is 10.1. The fraction of sp³-hybridized carbons (Fsp3) is 0.118. The van der Waals surface area contributed by atoms with E-state index < -0.39 is 0 Å². The highest BCUT2D eigenvalue weighted by Gasteiger charge is 2.02. The van der Waals surface area contributed by atoms with Gasteiger partial charge in [-0.15, -0.1) is 0 Å². The van der Waals surface area contributed by atoms with Crippen molar-refractivity contribution in [3.63, 3.8) is 0 Å². The summed E-state index contributed by atoms with van der Waals surface area (Å²) in [5, 5.41) is 8.00. The van der Waals surface area contributed by atoms with Crippen molar-refractivity contribution in [2.45, 2.75) is 13.8 Å². The normalized spacial score (nSPS) is 10.2. The molecule has 1 N–H and O–H groups in total. The summed E-state index contributed by atoms with van der Waals surface area (Å²) >= 11 is 0. The van der Waals surface area contributed by atoms with Crippen LogP contribution in [0.1, 0.15) is 25.2 Å². The van der Waals surface area contributed by atoms with Crippen LogP contribution in [-0.2, 0) is 0 Å². The fourth-order valence-corrected chi connectivity index (χ4v) is 1.52. The van der Waals surface area contributed by atoms with E-state index in [4.69, 9.17) is 5.41 Å². The number of rotatable bonds is 4. The highest BCUT2D eigenvalue weighted by molar-refractivity contribution is 6.09. The number of nitrogens with one attached hydrogen (secondary N) is 1. The molecule has 3 nitrogen and oxygen atoms in total. The standard InChI is InChI=1S/C15H13N3.C2H6/c1-2-12(14-7-3-5-9-17-14)11-13(16)15-8-4-6-10-18-15;1-2/h2-11,16H,1H2;1-2H3/b12-11+,16-13?;. The number of pyridine rings is 2. The van der Waals surface area contributed by atoms with Crippen molar-refractivity contribution in [3.8, 4) is 0 Å². The SMILES string of the molecule is C=C/C(=C\C(=N)c1ccccn1)c1ccccn1.CC. The quantitative estimate of drug-likeness (QED) is 0.667. The van der Waals surface area contributed by atoms with E-state index in [1.54, 1.807) is 30.6 Å². The van der Waals surface area contributed by atoms with Gasteiger partial charge in [0.25, 0.3) is 0 Å². The predicted octanol–water partition coefficient (Wildman–Crippen LogP) is 4.14. The minimum atomic E-state index is 0.344. The van der Waals surface area contributed by atoms with Gasteiger partial charge in [-0.25, -0.2) is 0 Å². The van der Waals surface area contributed by atoms with Gasteiger partial charge in [0.1, 0.15) is 0 Å². The summed E-state index contributed by atoms with van der Waals surface area (Å²) in [7, 11) is 0. The molecule has 0 aliphatic rings. The number of hydrogen-bond acceptors (Lipinski definition) is 3. The van der Waals surface area contributed by atoms with Crippen LogP contribution in [0.2, 0.25) is 0 Å². The molecule has 0 aromatic carbocycles. The maximum Gasteiger partial charge on any atom is 0.0879 e. The van der Waals surface area contributed by atoms with Gasteiger partial charge in [0, 0.05) is 18.0 Å². The Balaban J connectivity index is 0.000000956. The minimum Gasteiger partial charge on any atom is -0.299 e. The molecule has 2 aromatic rings. The van der Waals surface area contributed by atoms with E-state index >= 15 is 0 Å². The smallest absolute Gasteiger partial charge is 0.0879 e. The zero-order chi connectivity index (χ0) is 14.8. The van der Waals surface area contributed by atoms with Gasteiger partial charge >= 0.3 is 0 Å². The van der Waals surface area contributed by atoms with Gasteiger partial charge in [-0.05, 0) is 30.3 Å². The lowest BCUT2D eigenvalue weighted by molar-refractivity contribution is 1.27. The Hall–Kier alpha value is -2.55. The van der Waals surface area contributed by atoms with Gasteiger partial charge in [0.05, 0.1) is 17.1 Å². The fourth-order valence-electron chi connectivity index (χ4n) is 1.52. The Kier molecular flexibility index (Phi) is 6.62. The first kappa shape index (κ1) is 15.5. The van der Waals surface area contributed by atoms with Gasteiger partial charge in [-0.3, -0.25) is 15.4 Å². The second kappa shape index (κ2) is 8.53. The molecule has 102 valence electrons. The second-order valence-electron chi connectivity index (χ2n) is 3.65. The van der Waals surface area contributed by atoms with Gasteiger partial charge in [-0.1, -0.05) is 38.6 Å². The average molecular weight is 265 g/mol. The maximum absolute atomic E-state index is 8.00. The molecule has 0 atom stereocenters. The van der Waals surface area contributed by atoms with Crippen LogP contribution in [-0.4, -0.2) is 15.7 Å². The van der Waals surface area contributed by atoms with E-state index in [-0.39, 0.29) is 0 Å². The Bertz CT molecular complexity index is 572. The maximum atomic E-state index is 8.00.